The Morgan fingerprint density at radius 1 is 1.27 bits per heavy atom. The van der Waals surface area contributed by atoms with Crippen molar-refractivity contribution in [1.29, 1.82) is 0 Å². The van der Waals surface area contributed by atoms with Gasteiger partial charge in [-0.1, -0.05) is 30.7 Å². The molecular formula is C17H20ClN3S. The molecule has 0 amide bonds. The van der Waals surface area contributed by atoms with Crippen LogP contribution < -0.4 is 10.6 Å². The fourth-order valence-electron chi connectivity index (χ4n) is 2.02. The van der Waals surface area contributed by atoms with Gasteiger partial charge in [-0.05, 0) is 48.6 Å². The quantitative estimate of drug-likeness (QED) is 0.500. The molecule has 22 heavy (non-hydrogen) atoms. The number of nitrogens with two attached hydrogens (primary N) is 1. The predicted octanol–water partition coefficient (Wildman–Crippen LogP) is 4.71. The van der Waals surface area contributed by atoms with Crippen molar-refractivity contribution in [2.75, 3.05) is 18.2 Å². The van der Waals surface area contributed by atoms with Gasteiger partial charge in [0.2, 0.25) is 5.96 Å². The number of aliphatic imine (C=N–C) groups is 1. The maximum Gasteiger partial charge on any atom is 0.200 e. The van der Waals surface area contributed by atoms with Crippen LogP contribution in [0.15, 0.2) is 52.4 Å². The third kappa shape index (κ3) is 3.96. The second-order valence-electron chi connectivity index (χ2n) is 4.87. The summed E-state index contributed by atoms with van der Waals surface area (Å²) in [7, 11) is 1.90. The number of nitrogens with zero attached hydrogens (tertiary/aromatic N) is 2. The molecule has 0 saturated carbocycles. The van der Waals surface area contributed by atoms with Gasteiger partial charge in [0.25, 0.3) is 0 Å². The van der Waals surface area contributed by atoms with Gasteiger partial charge in [0, 0.05) is 17.6 Å². The number of hydrogen-bond donors (Lipinski definition) is 1. The van der Waals surface area contributed by atoms with Crippen LogP contribution in [0, 0.1) is 0 Å². The van der Waals surface area contributed by atoms with Gasteiger partial charge in [-0.15, -0.1) is 11.8 Å². The van der Waals surface area contributed by atoms with Crippen molar-refractivity contribution in [1.82, 2.24) is 0 Å². The van der Waals surface area contributed by atoms with E-state index < -0.39 is 0 Å². The van der Waals surface area contributed by atoms with E-state index in [0.29, 0.717) is 16.7 Å². The van der Waals surface area contributed by atoms with Crippen molar-refractivity contribution in [2.45, 2.75) is 18.2 Å². The second kappa shape index (κ2) is 7.56. The number of halogens is 1. The fraction of sp³-hybridized carbons (Fsp3) is 0.235. The molecule has 2 rings (SSSR count). The average Bonchev–Trinajstić information content (AvgIpc) is 2.56. The van der Waals surface area contributed by atoms with E-state index in [1.54, 1.807) is 11.8 Å². The molecule has 0 aliphatic carbocycles. The van der Waals surface area contributed by atoms with Crippen molar-refractivity contribution in [3.05, 3.63) is 53.1 Å². The molecule has 2 aromatic carbocycles. The van der Waals surface area contributed by atoms with Crippen LogP contribution in [-0.2, 0) is 6.42 Å². The summed E-state index contributed by atoms with van der Waals surface area (Å²) in [5.74, 6) is 0.411. The molecule has 3 nitrogen and oxygen atoms in total. The number of aryl methyl sites for hydroxylation is 1. The average molecular weight is 334 g/mol. The van der Waals surface area contributed by atoms with Crippen molar-refractivity contribution >= 4 is 40.7 Å². The van der Waals surface area contributed by atoms with Crippen molar-refractivity contribution < 1.29 is 0 Å². The van der Waals surface area contributed by atoms with Gasteiger partial charge in [0.15, 0.2) is 0 Å². The minimum Gasteiger partial charge on any atom is -0.369 e. The smallest absolute Gasteiger partial charge is 0.200 e. The van der Waals surface area contributed by atoms with Crippen LogP contribution in [0.2, 0.25) is 5.02 Å². The molecule has 0 atom stereocenters. The minimum atomic E-state index is 0.411. The summed E-state index contributed by atoms with van der Waals surface area (Å²) in [5, 5.41) is 0.594. The molecule has 0 unspecified atom stereocenters. The number of benzene rings is 2. The molecule has 0 heterocycles. The molecule has 0 aromatic heterocycles. The zero-order valence-corrected chi connectivity index (χ0v) is 14.6. The first-order chi connectivity index (χ1) is 10.5. The van der Waals surface area contributed by atoms with Crippen LogP contribution in [0.1, 0.15) is 12.5 Å². The van der Waals surface area contributed by atoms with Gasteiger partial charge in [0.05, 0.1) is 10.7 Å². The highest BCUT2D eigenvalue weighted by Crippen LogP contribution is 2.30. The third-order valence-corrected chi connectivity index (χ3v) is 4.48. The van der Waals surface area contributed by atoms with Crippen LogP contribution >= 0.6 is 23.4 Å². The van der Waals surface area contributed by atoms with Crippen molar-refractivity contribution in [2.24, 2.45) is 10.7 Å². The van der Waals surface area contributed by atoms with E-state index in [2.05, 4.69) is 24.0 Å². The van der Waals surface area contributed by atoms with Crippen LogP contribution in [-0.4, -0.2) is 19.3 Å². The van der Waals surface area contributed by atoms with E-state index in [0.717, 1.165) is 17.0 Å². The molecule has 5 heteroatoms. The van der Waals surface area contributed by atoms with E-state index in [9.17, 15) is 0 Å². The molecule has 2 N–H and O–H groups in total. The summed E-state index contributed by atoms with van der Waals surface area (Å²) in [4.78, 5) is 7.44. The van der Waals surface area contributed by atoms with Gasteiger partial charge in [-0.3, -0.25) is 0 Å². The van der Waals surface area contributed by atoms with E-state index in [4.69, 9.17) is 17.3 Å². The summed E-state index contributed by atoms with van der Waals surface area (Å²) < 4.78 is 0. The standard InChI is InChI=1S/C17H20ClN3S/c1-4-12-6-5-7-13(10-12)21(2)17(19)20-16-11-14(22-3)8-9-15(16)18/h5-11H,4H2,1-3H3,(H2,19,20). The molecular weight excluding hydrogens is 314 g/mol. The Morgan fingerprint density at radius 3 is 2.73 bits per heavy atom. The SMILES string of the molecule is CCc1cccc(N(C)C(N)=Nc2cc(SC)ccc2Cl)c1. The summed E-state index contributed by atoms with van der Waals surface area (Å²) in [6, 6.07) is 14.0. The highest BCUT2D eigenvalue weighted by molar-refractivity contribution is 7.98. The minimum absolute atomic E-state index is 0.411. The molecule has 0 saturated heterocycles. The summed E-state index contributed by atoms with van der Waals surface area (Å²) in [6.07, 6.45) is 3.00. The van der Waals surface area contributed by atoms with E-state index in [1.165, 1.54) is 5.56 Å². The molecule has 0 aliphatic heterocycles. The number of hydrogen-bond acceptors (Lipinski definition) is 2. The Labute approximate surface area is 141 Å². The van der Waals surface area contributed by atoms with Gasteiger partial charge < -0.3 is 10.6 Å². The number of rotatable bonds is 4. The maximum absolute atomic E-state index is 6.21. The monoisotopic (exact) mass is 333 g/mol. The van der Waals surface area contributed by atoms with Crippen molar-refractivity contribution in [3.8, 4) is 0 Å². The first-order valence-electron chi connectivity index (χ1n) is 7.05. The lowest BCUT2D eigenvalue weighted by Crippen LogP contribution is -2.33. The van der Waals surface area contributed by atoms with Gasteiger partial charge in [-0.2, -0.15) is 0 Å². The lowest BCUT2D eigenvalue weighted by atomic mass is 10.1. The Morgan fingerprint density at radius 2 is 2.05 bits per heavy atom. The molecule has 0 aliphatic rings. The van der Waals surface area contributed by atoms with E-state index in [1.807, 2.05) is 48.5 Å². The first-order valence-corrected chi connectivity index (χ1v) is 8.65. The van der Waals surface area contributed by atoms with Gasteiger partial charge >= 0.3 is 0 Å². The number of anilines is 1. The number of thioether (sulfide) groups is 1. The Balaban J connectivity index is 2.31. The lowest BCUT2D eigenvalue weighted by Gasteiger charge is -2.19. The predicted molar refractivity (Wildman–Crippen MR) is 98.7 cm³/mol. The largest absolute Gasteiger partial charge is 0.369 e. The summed E-state index contributed by atoms with van der Waals surface area (Å²) in [6.45, 7) is 2.13. The Bertz CT molecular complexity index is 685. The van der Waals surface area contributed by atoms with Crippen LogP contribution in [0.4, 0.5) is 11.4 Å². The summed E-state index contributed by atoms with van der Waals surface area (Å²) >= 11 is 7.85. The molecule has 0 bridgehead atoms. The third-order valence-electron chi connectivity index (χ3n) is 3.44. The van der Waals surface area contributed by atoms with Crippen LogP contribution in [0.5, 0.6) is 0 Å². The number of guanidine groups is 1. The van der Waals surface area contributed by atoms with E-state index >= 15 is 0 Å². The Kier molecular flexibility index (Phi) is 5.75. The van der Waals surface area contributed by atoms with Crippen molar-refractivity contribution in [3.63, 3.8) is 0 Å². The topological polar surface area (TPSA) is 41.6 Å². The summed E-state index contributed by atoms with van der Waals surface area (Å²) in [5.41, 5.74) is 9.10. The Hall–Kier alpha value is -1.65. The second-order valence-corrected chi connectivity index (χ2v) is 6.16. The molecule has 0 fully saturated rings. The first kappa shape index (κ1) is 16.7. The molecule has 0 spiro atoms. The molecule has 0 radical (unpaired) electrons. The van der Waals surface area contributed by atoms with Gasteiger partial charge in [-0.25, -0.2) is 4.99 Å². The maximum atomic E-state index is 6.21. The van der Waals surface area contributed by atoms with E-state index in [-0.39, 0.29) is 0 Å². The highest BCUT2D eigenvalue weighted by Gasteiger charge is 2.08. The van der Waals surface area contributed by atoms with Crippen LogP contribution in [0.25, 0.3) is 0 Å². The fourth-order valence-corrected chi connectivity index (χ4v) is 2.61. The molecule has 116 valence electrons. The molecule has 2 aromatic rings. The van der Waals surface area contributed by atoms with Crippen LogP contribution in [0.3, 0.4) is 0 Å². The highest BCUT2D eigenvalue weighted by atomic mass is 35.5. The zero-order chi connectivity index (χ0) is 16.1. The lowest BCUT2D eigenvalue weighted by molar-refractivity contribution is 1.13. The zero-order valence-electron chi connectivity index (χ0n) is 13.0. The van der Waals surface area contributed by atoms with Gasteiger partial charge in [0.1, 0.15) is 0 Å². The normalized spacial score (nSPS) is 11.5.